The second kappa shape index (κ2) is 25.3. The van der Waals surface area contributed by atoms with Gasteiger partial charge in [0.05, 0.1) is 0 Å². The van der Waals surface area contributed by atoms with Gasteiger partial charge in [-0.25, -0.2) is 0 Å². The van der Waals surface area contributed by atoms with Crippen LogP contribution in [0.1, 0.15) is 0 Å². The summed E-state index contributed by atoms with van der Waals surface area (Å²) in [4.78, 5) is 0. The van der Waals surface area contributed by atoms with E-state index in [4.69, 9.17) is 10.5 Å². The first kappa shape index (κ1) is 23.4. The van der Waals surface area contributed by atoms with E-state index >= 15 is 0 Å². The van der Waals surface area contributed by atoms with Gasteiger partial charge in [0.1, 0.15) is 0 Å². The van der Waals surface area contributed by atoms with Gasteiger partial charge in [0.2, 0.25) is 0 Å². The van der Waals surface area contributed by atoms with Crippen LogP contribution >= 0.6 is 0 Å². The summed E-state index contributed by atoms with van der Waals surface area (Å²) in [6.07, 6.45) is 0. The molecule has 0 aromatic heterocycles. The molecule has 0 unspecified atom stereocenters. The molecule has 26 valence electrons. The van der Waals surface area contributed by atoms with Gasteiger partial charge in [-0.15, -0.1) is 0 Å². The summed E-state index contributed by atoms with van der Waals surface area (Å²) in [5, 5.41) is 12.0. The summed E-state index contributed by atoms with van der Waals surface area (Å²) >= 11 is 0. The van der Waals surface area contributed by atoms with Gasteiger partial charge in [0, 0.05) is 0 Å². The van der Waals surface area contributed by atoms with Crippen LogP contribution < -0.4 is 0 Å². The standard InChI is InChI=1S/3Ca.H2O2.6H/c;;;1-2;;;;;;/h;;;1-2H;;;;;;. The Morgan fingerprint density at radius 2 is 0.600 bits per heavy atom. The number of rotatable bonds is 0. The Balaban J connectivity index is -0.00000000167. The van der Waals surface area contributed by atoms with E-state index in [1.807, 2.05) is 0 Å². The van der Waals surface area contributed by atoms with E-state index in [9.17, 15) is 0 Å². The summed E-state index contributed by atoms with van der Waals surface area (Å²) < 4.78 is 0. The van der Waals surface area contributed by atoms with Gasteiger partial charge in [-0.05, 0) is 0 Å². The SMILES string of the molecule is OO.[CaH2].[CaH2].[CaH2]. The van der Waals surface area contributed by atoms with E-state index < -0.39 is 0 Å². The first-order valence-corrected chi connectivity index (χ1v) is 0.200. The van der Waals surface area contributed by atoms with E-state index in [-0.39, 0.29) is 113 Å². The minimum atomic E-state index is 0. The molecule has 5 heteroatoms. The average molecular weight is 160 g/mol. The predicted molar refractivity (Wildman–Crippen MR) is 30.9 cm³/mol. The molecule has 0 bridgehead atoms. The monoisotopic (exact) mass is 160 g/mol. The van der Waals surface area contributed by atoms with Crippen LogP contribution in [0.15, 0.2) is 0 Å². The van der Waals surface area contributed by atoms with Crippen LogP contribution in [-0.2, 0) is 0 Å². The van der Waals surface area contributed by atoms with Gasteiger partial charge < -0.3 is 0 Å². The van der Waals surface area contributed by atoms with Crippen LogP contribution in [0, 0.1) is 0 Å². The van der Waals surface area contributed by atoms with Gasteiger partial charge in [0.15, 0.2) is 0 Å². The van der Waals surface area contributed by atoms with Gasteiger partial charge >= 0.3 is 113 Å². The van der Waals surface area contributed by atoms with Crippen molar-refractivity contribution >= 4 is 113 Å². The molecule has 0 radical (unpaired) electrons. The fraction of sp³-hybridized carbons (Fsp3) is 0. The molecule has 0 atom stereocenters. The van der Waals surface area contributed by atoms with Crippen molar-refractivity contribution in [3.8, 4) is 0 Å². The van der Waals surface area contributed by atoms with Gasteiger partial charge in [-0.2, -0.15) is 0 Å². The molecule has 0 saturated heterocycles. The number of hydrogen-bond acceptors (Lipinski definition) is 2. The quantitative estimate of drug-likeness (QED) is 0.229. The molecule has 0 heterocycles. The van der Waals surface area contributed by atoms with Crippen LogP contribution in [0.4, 0.5) is 0 Å². The summed E-state index contributed by atoms with van der Waals surface area (Å²) in [6, 6.07) is 0. The van der Waals surface area contributed by atoms with Crippen LogP contribution in [0.5, 0.6) is 0 Å². The maximum atomic E-state index is 6.00. The summed E-state index contributed by atoms with van der Waals surface area (Å²) in [7, 11) is 0. The van der Waals surface area contributed by atoms with Crippen molar-refractivity contribution in [3.05, 3.63) is 0 Å². The summed E-state index contributed by atoms with van der Waals surface area (Å²) in [6.45, 7) is 0. The van der Waals surface area contributed by atoms with Crippen molar-refractivity contribution in [1.29, 1.82) is 0 Å². The van der Waals surface area contributed by atoms with Crippen molar-refractivity contribution in [3.63, 3.8) is 0 Å². The molecule has 0 fully saturated rings. The molecule has 0 aromatic rings. The average Bonchev–Trinajstić information content (AvgIpc) is 1.00. The Morgan fingerprint density at radius 3 is 0.600 bits per heavy atom. The minimum absolute atomic E-state index is 0. The molecule has 0 saturated carbocycles. The zero-order valence-electron chi connectivity index (χ0n) is 0.894. The molecule has 0 aliphatic rings. The van der Waals surface area contributed by atoms with Gasteiger partial charge in [0.25, 0.3) is 0 Å². The zero-order valence-corrected chi connectivity index (χ0v) is 0.894. The molecular formula is H8Ca3O2. The summed E-state index contributed by atoms with van der Waals surface area (Å²) in [5.74, 6) is 0. The molecule has 0 amide bonds. The van der Waals surface area contributed by atoms with Crippen molar-refractivity contribution in [2.24, 2.45) is 0 Å². The Hall–Kier alpha value is 3.70. The fourth-order valence-electron chi connectivity index (χ4n) is 0. The third-order valence-corrected chi connectivity index (χ3v) is 0. The normalized spacial score (nSPS) is 1.20. The first-order valence-electron chi connectivity index (χ1n) is 0.200. The fourth-order valence-corrected chi connectivity index (χ4v) is 0. The van der Waals surface area contributed by atoms with Crippen LogP contribution in [0.25, 0.3) is 0 Å². The van der Waals surface area contributed by atoms with E-state index in [1.165, 1.54) is 0 Å². The van der Waals surface area contributed by atoms with Crippen molar-refractivity contribution < 1.29 is 10.5 Å². The van der Waals surface area contributed by atoms with Crippen molar-refractivity contribution in [2.45, 2.75) is 0 Å². The second-order valence-corrected chi connectivity index (χ2v) is 0. The first-order chi connectivity index (χ1) is 1.00. The molecular weight excluding hydrogens is 152 g/mol. The molecule has 2 nitrogen and oxygen atoms in total. The van der Waals surface area contributed by atoms with Crippen LogP contribution in [-0.4, -0.2) is 124 Å². The van der Waals surface area contributed by atoms with E-state index in [1.54, 1.807) is 0 Å². The van der Waals surface area contributed by atoms with E-state index in [2.05, 4.69) is 0 Å². The predicted octanol–water partition coefficient (Wildman–Crippen LogP) is -2.73. The van der Waals surface area contributed by atoms with Gasteiger partial charge in [-0.1, -0.05) is 0 Å². The molecule has 5 heavy (non-hydrogen) atoms. The zero-order chi connectivity index (χ0) is 2.00. The van der Waals surface area contributed by atoms with Crippen LogP contribution in [0.3, 0.4) is 0 Å². The molecule has 0 aromatic carbocycles. The third kappa shape index (κ3) is 18.3. The Bertz CT molecular complexity index is 4.85. The molecule has 0 rings (SSSR count). The molecule has 0 spiro atoms. The Kier molecular flexibility index (Phi) is 118. The van der Waals surface area contributed by atoms with Crippen molar-refractivity contribution in [1.82, 2.24) is 0 Å². The summed E-state index contributed by atoms with van der Waals surface area (Å²) in [5.41, 5.74) is 0. The Labute approximate surface area is 120 Å². The maximum absolute atomic E-state index is 6.00. The van der Waals surface area contributed by atoms with E-state index in [0.29, 0.717) is 0 Å². The van der Waals surface area contributed by atoms with E-state index in [0.717, 1.165) is 0 Å². The number of hydrogen-bond donors (Lipinski definition) is 2. The topological polar surface area (TPSA) is 40.5 Å². The molecule has 0 aliphatic carbocycles. The molecule has 2 N–H and O–H groups in total. The van der Waals surface area contributed by atoms with Crippen LogP contribution in [0.2, 0.25) is 0 Å². The van der Waals surface area contributed by atoms with Crippen molar-refractivity contribution in [2.75, 3.05) is 0 Å². The molecule has 0 aliphatic heterocycles. The third-order valence-electron chi connectivity index (χ3n) is 0. The second-order valence-electron chi connectivity index (χ2n) is 0. The van der Waals surface area contributed by atoms with Gasteiger partial charge in [-0.3, -0.25) is 10.5 Å². The Morgan fingerprint density at radius 1 is 0.600 bits per heavy atom.